The van der Waals surface area contributed by atoms with Gasteiger partial charge in [-0.2, -0.15) is 0 Å². The molecule has 0 saturated heterocycles. The van der Waals surface area contributed by atoms with Crippen LogP contribution in [0.2, 0.25) is 0 Å². The highest BCUT2D eigenvalue weighted by Crippen LogP contribution is 2.35. The summed E-state index contributed by atoms with van der Waals surface area (Å²) < 4.78 is 2.21. The van der Waals surface area contributed by atoms with E-state index in [1.54, 1.807) is 0 Å². The summed E-state index contributed by atoms with van der Waals surface area (Å²) in [6.07, 6.45) is 0. The number of nitrogen functional groups attached to an aromatic ring is 1. The molecule has 0 fully saturated rings. The van der Waals surface area contributed by atoms with Crippen molar-refractivity contribution in [2.75, 3.05) is 5.73 Å². The fourth-order valence-corrected chi connectivity index (χ4v) is 2.57. The molecule has 2 rings (SSSR count). The minimum absolute atomic E-state index is 0.928. The molecule has 1 heterocycles. The van der Waals surface area contributed by atoms with E-state index in [2.05, 4.69) is 46.2 Å². The van der Waals surface area contributed by atoms with Gasteiger partial charge in [0.15, 0.2) is 0 Å². The minimum atomic E-state index is 0.928. The number of rotatable bonds is 0. The van der Waals surface area contributed by atoms with Gasteiger partial charge in [-0.05, 0) is 56.9 Å². The summed E-state index contributed by atoms with van der Waals surface area (Å²) in [7, 11) is 2.09. The average molecular weight is 216 g/mol. The Labute approximate surface area is 97.1 Å². The van der Waals surface area contributed by atoms with Crippen molar-refractivity contribution >= 4 is 16.6 Å². The molecule has 0 bridgehead atoms. The minimum Gasteiger partial charge on any atom is -0.397 e. The molecule has 1 aromatic heterocycles. The molecule has 0 aliphatic rings. The Hall–Kier alpha value is -1.44. The molecular weight excluding hydrogens is 196 g/mol. The maximum absolute atomic E-state index is 6.25. The third-order valence-electron chi connectivity index (χ3n) is 4.15. The predicted molar refractivity (Wildman–Crippen MR) is 71.0 cm³/mol. The lowest BCUT2D eigenvalue weighted by Crippen LogP contribution is -2.00. The van der Waals surface area contributed by atoms with E-state index in [9.17, 15) is 0 Å². The first-order chi connectivity index (χ1) is 7.37. The number of hydrogen-bond acceptors (Lipinski definition) is 1. The molecule has 2 N–H and O–H groups in total. The second-order valence-corrected chi connectivity index (χ2v) is 4.78. The predicted octanol–water partition coefficient (Wildman–Crippen LogP) is 3.30. The molecule has 0 atom stereocenters. The topological polar surface area (TPSA) is 30.9 Å². The van der Waals surface area contributed by atoms with Crippen molar-refractivity contribution in [1.29, 1.82) is 0 Å². The fourth-order valence-electron chi connectivity index (χ4n) is 2.57. The Bertz CT molecular complexity index is 538. The highest BCUT2D eigenvalue weighted by atomic mass is 15.0. The zero-order valence-electron chi connectivity index (χ0n) is 11.0. The SMILES string of the molecule is Cc1c(C)c(N)c2c(c1C)c(C)c(C)n2C. The normalized spacial score (nSPS) is 11.4. The average Bonchev–Trinajstić information content (AvgIpc) is 2.48. The Morgan fingerprint density at radius 3 is 1.94 bits per heavy atom. The van der Waals surface area contributed by atoms with Gasteiger partial charge in [0.2, 0.25) is 0 Å². The summed E-state index contributed by atoms with van der Waals surface area (Å²) >= 11 is 0. The largest absolute Gasteiger partial charge is 0.397 e. The van der Waals surface area contributed by atoms with Crippen LogP contribution in [0.4, 0.5) is 5.69 Å². The molecule has 0 amide bonds. The van der Waals surface area contributed by atoms with Gasteiger partial charge in [-0.25, -0.2) is 0 Å². The molecule has 0 saturated carbocycles. The van der Waals surface area contributed by atoms with Crippen LogP contribution in [0.5, 0.6) is 0 Å². The van der Waals surface area contributed by atoms with Crippen LogP contribution in [0.25, 0.3) is 10.9 Å². The summed E-state index contributed by atoms with van der Waals surface area (Å²) in [6, 6.07) is 0. The molecule has 0 unspecified atom stereocenters. The van der Waals surface area contributed by atoms with Crippen molar-refractivity contribution in [1.82, 2.24) is 4.57 Å². The molecule has 2 aromatic rings. The van der Waals surface area contributed by atoms with Gasteiger partial charge in [0.05, 0.1) is 11.2 Å². The monoisotopic (exact) mass is 216 g/mol. The summed E-state index contributed by atoms with van der Waals surface area (Å²) in [6.45, 7) is 10.8. The Kier molecular flexibility index (Phi) is 2.26. The van der Waals surface area contributed by atoms with E-state index >= 15 is 0 Å². The molecule has 2 nitrogen and oxygen atoms in total. The van der Waals surface area contributed by atoms with Gasteiger partial charge in [0.1, 0.15) is 0 Å². The van der Waals surface area contributed by atoms with Gasteiger partial charge in [0.25, 0.3) is 0 Å². The van der Waals surface area contributed by atoms with Crippen molar-refractivity contribution in [3.05, 3.63) is 27.9 Å². The van der Waals surface area contributed by atoms with Crippen LogP contribution in [0, 0.1) is 34.6 Å². The van der Waals surface area contributed by atoms with Crippen molar-refractivity contribution in [3.8, 4) is 0 Å². The van der Waals surface area contributed by atoms with Crippen LogP contribution in [0.15, 0.2) is 0 Å². The molecule has 0 spiro atoms. The van der Waals surface area contributed by atoms with Crippen LogP contribution < -0.4 is 5.73 Å². The van der Waals surface area contributed by atoms with E-state index in [-0.39, 0.29) is 0 Å². The van der Waals surface area contributed by atoms with E-state index in [1.807, 2.05) is 0 Å². The highest BCUT2D eigenvalue weighted by Gasteiger charge is 2.16. The van der Waals surface area contributed by atoms with E-state index in [1.165, 1.54) is 38.9 Å². The Morgan fingerprint density at radius 1 is 0.812 bits per heavy atom. The number of benzene rings is 1. The quantitative estimate of drug-likeness (QED) is 0.673. The third kappa shape index (κ3) is 1.13. The highest BCUT2D eigenvalue weighted by molar-refractivity contribution is 5.98. The molecule has 0 radical (unpaired) electrons. The maximum Gasteiger partial charge on any atom is 0.0721 e. The van der Waals surface area contributed by atoms with Crippen LogP contribution >= 0.6 is 0 Å². The number of fused-ring (bicyclic) bond motifs is 1. The van der Waals surface area contributed by atoms with Crippen LogP contribution in [0.3, 0.4) is 0 Å². The Balaban J connectivity index is 3.15. The molecule has 1 aromatic carbocycles. The van der Waals surface area contributed by atoms with Gasteiger partial charge in [0, 0.05) is 18.1 Å². The fraction of sp³-hybridized carbons (Fsp3) is 0.429. The molecule has 86 valence electrons. The van der Waals surface area contributed by atoms with Gasteiger partial charge < -0.3 is 10.3 Å². The molecule has 2 heteroatoms. The van der Waals surface area contributed by atoms with Crippen LogP contribution in [0.1, 0.15) is 27.9 Å². The first-order valence-electron chi connectivity index (χ1n) is 5.68. The van der Waals surface area contributed by atoms with Crippen molar-refractivity contribution in [2.24, 2.45) is 7.05 Å². The third-order valence-corrected chi connectivity index (χ3v) is 4.15. The summed E-state index contributed by atoms with van der Waals surface area (Å²) in [4.78, 5) is 0. The van der Waals surface area contributed by atoms with E-state index in [0.717, 1.165) is 5.69 Å². The second-order valence-electron chi connectivity index (χ2n) is 4.78. The van der Waals surface area contributed by atoms with Gasteiger partial charge in [-0.1, -0.05) is 0 Å². The smallest absolute Gasteiger partial charge is 0.0721 e. The number of aryl methyl sites for hydroxylation is 3. The number of nitrogens with zero attached hydrogens (tertiary/aromatic N) is 1. The molecule has 0 aliphatic carbocycles. The van der Waals surface area contributed by atoms with Gasteiger partial charge in [-0.3, -0.25) is 0 Å². The number of aromatic nitrogens is 1. The first-order valence-corrected chi connectivity index (χ1v) is 5.68. The first kappa shape index (κ1) is 11.1. The van der Waals surface area contributed by atoms with Crippen LogP contribution in [-0.4, -0.2) is 4.57 Å². The molecule has 16 heavy (non-hydrogen) atoms. The zero-order valence-corrected chi connectivity index (χ0v) is 11.0. The van der Waals surface area contributed by atoms with Gasteiger partial charge >= 0.3 is 0 Å². The standard InChI is InChI=1S/C14H20N2/c1-7-8(2)12-10(4)11(5)16(6)14(12)13(15)9(7)3/h15H2,1-6H3. The lowest BCUT2D eigenvalue weighted by atomic mass is 9.96. The van der Waals surface area contributed by atoms with Crippen molar-refractivity contribution in [3.63, 3.8) is 0 Å². The maximum atomic E-state index is 6.25. The summed E-state index contributed by atoms with van der Waals surface area (Å²) in [5.41, 5.74) is 14.9. The van der Waals surface area contributed by atoms with E-state index < -0.39 is 0 Å². The van der Waals surface area contributed by atoms with Crippen molar-refractivity contribution in [2.45, 2.75) is 34.6 Å². The Morgan fingerprint density at radius 2 is 1.38 bits per heavy atom. The number of anilines is 1. The lowest BCUT2D eigenvalue weighted by molar-refractivity contribution is 0.911. The van der Waals surface area contributed by atoms with Crippen LogP contribution in [-0.2, 0) is 7.05 Å². The molecule has 0 aliphatic heterocycles. The van der Waals surface area contributed by atoms with Gasteiger partial charge in [-0.15, -0.1) is 0 Å². The summed E-state index contributed by atoms with van der Waals surface area (Å²) in [5, 5.41) is 1.33. The molecular formula is C14H20N2. The second kappa shape index (κ2) is 3.27. The van der Waals surface area contributed by atoms with E-state index in [0.29, 0.717) is 0 Å². The zero-order chi connectivity index (χ0) is 12.2. The van der Waals surface area contributed by atoms with Crippen molar-refractivity contribution < 1.29 is 0 Å². The number of nitrogens with two attached hydrogens (primary N) is 1. The van der Waals surface area contributed by atoms with E-state index in [4.69, 9.17) is 5.73 Å². The lowest BCUT2D eigenvalue weighted by Gasteiger charge is -2.12. The number of hydrogen-bond donors (Lipinski definition) is 1. The summed E-state index contributed by atoms with van der Waals surface area (Å²) in [5.74, 6) is 0.